The minimum Gasteiger partial charge on any atom is -0.444 e. The van der Waals surface area contributed by atoms with Gasteiger partial charge in [0.25, 0.3) is 0 Å². The van der Waals surface area contributed by atoms with Gasteiger partial charge < -0.3 is 8.99 Å². The summed E-state index contributed by atoms with van der Waals surface area (Å²) in [6.45, 7) is 4.35. The summed E-state index contributed by atoms with van der Waals surface area (Å²) in [4.78, 5) is 0. The maximum atomic E-state index is 10.9. The molecule has 0 heterocycles. The van der Waals surface area contributed by atoms with E-state index in [0.717, 1.165) is 25.2 Å². The SMILES string of the molecule is CC1CCC([S-](=N)=O)C(C)C1. The van der Waals surface area contributed by atoms with Crippen molar-refractivity contribution < 1.29 is 4.21 Å². The maximum Gasteiger partial charge on any atom is -0.0441 e. The Morgan fingerprint density at radius 1 is 1.36 bits per heavy atom. The van der Waals surface area contributed by atoms with Crippen molar-refractivity contribution in [2.45, 2.75) is 38.4 Å². The van der Waals surface area contributed by atoms with Crippen molar-refractivity contribution in [1.82, 2.24) is 0 Å². The molecule has 1 fully saturated rings. The summed E-state index contributed by atoms with van der Waals surface area (Å²) < 4.78 is 18.0. The van der Waals surface area contributed by atoms with Gasteiger partial charge in [0.1, 0.15) is 0 Å². The lowest BCUT2D eigenvalue weighted by Crippen LogP contribution is -2.26. The van der Waals surface area contributed by atoms with Gasteiger partial charge in [-0.2, -0.15) is 10.6 Å². The number of nitrogens with one attached hydrogen (secondary N) is 1. The highest BCUT2D eigenvalue weighted by atomic mass is 32.2. The first kappa shape index (κ1) is 9.04. The first-order valence-electron chi connectivity index (χ1n) is 4.23. The topological polar surface area (TPSA) is 40.9 Å². The molecular formula is C8H16NOS-. The van der Waals surface area contributed by atoms with E-state index >= 15 is 0 Å². The molecule has 0 aromatic rings. The van der Waals surface area contributed by atoms with Crippen LogP contribution in [0, 0.1) is 16.6 Å². The third-order valence-electron chi connectivity index (χ3n) is 2.63. The molecule has 66 valence electrons. The molecule has 0 bridgehead atoms. The second-order valence-corrected chi connectivity index (χ2v) is 4.93. The molecule has 3 atom stereocenters. The zero-order valence-corrected chi connectivity index (χ0v) is 7.99. The van der Waals surface area contributed by atoms with Gasteiger partial charge in [-0.15, -0.1) is 0 Å². The van der Waals surface area contributed by atoms with E-state index in [1.165, 1.54) is 0 Å². The van der Waals surface area contributed by atoms with E-state index in [-0.39, 0.29) is 5.25 Å². The van der Waals surface area contributed by atoms with Crippen LogP contribution in [-0.2, 0) is 14.8 Å². The highest BCUT2D eigenvalue weighted by molar-refractivity contribution is 7.74. The van der Waals surface area contributed by atoms with Gasteiger partial charge in [0.05, 0.1) is 0 Å². The zero-order valence-electron chi connectivity index (χ0n) is 7.17. The van der Waals surface area contributed by atoms with Crippen molar-refractivity contribution >= 4 is 10.6 Å². The Hall–Kier alpha value is -0.0500. The lowest BCUT2D eigenvalue weighted by Gasteiger charge is -2.34. The predicted molar refractivity (Wildman–Crippen MR) is 46.7 cm³/mol. The van der Waals surface area contributed by atoms with Gasteiger partial charge in [-0.3, -0.25) is 0 Å². The highest BCUT2D eigenvalue weighted by Gasteiger charge is 2.20. The first-order chi connectivity index (χ1) is 5.11. The molecule has 2 nitrogen and oxygen atoms in total. The standard InChI is InChI=1S/C8H16NOS/c1-6-3-4-8(11(9)10)7(2)5-6/h6-9H,3-5H2,1-2H3/q-1. The van der Waals surface area contributed by atoms with Crippen LogP contribution in [0.1, 0.15) is 33.1 Å². The molecule has 1 aliphatic carbocycles. The lowest BCUT2D eigenvalue weighted by atomic mass is 9.83. The van der Waals surface area contributed by atoms with Crippen molar-refractivity contribution in [2.24, 2.45) is 11.8 Å². The van der Waals surface area contributed by atoms with Crippen molar-refractivity contribution in [3.05, 3.63) is 0 Å². The van der Waals surface area contributed by atoms with E-state index in [9.17, 15) is 4.21 Å². The number of hydrogen-bond donors (Lipinski definition) is 1. The van der Waals surface area contributed by atoms with E-state index in [4.69, 9.17) is 4.78 Å². The van der Waals surface area contributed by atoms with E-state index < -0.39 is 10.6 Å². The summed E-state index contributed by atoms with van der Waals surface area (Å²) in [5, 5.41) is 0.145. The number of rotatable bonds is 1. The molecule has 0 aromatic heterocycles. The van der Waals surface area contributed by atoms with Crippen LogP contribution in [0.25, 0.3) is 0 Å². The summed E-state index contributed by atoms with van der Waals surface area (Å²) in [6.07, 6.45) is 3.29. The summed E-state index contributed by atoms with van der Waals surface area (Å²) in [7, 11) is -1.35. The molecular weight excluding hydrogens is 158 g/mol. The Morgan fingerprint density at radius 2 is 2.00 bits per heavy atom. The largest absolute Gasteiger partial charge is 0.444 e. The summed E-state index contributed by atoms with van der Waals surface area (Å²) >= 11 is 0. The monoisotopic (exact) mass is 174 g/mol. The molecule has 1 rings (SSSR count). The van der Waals surface area contributed by atoms with E-state index in [0.29, 0.717) is 5.92 Å². The normalized spacial score (nSPS) is 39.4. The first-order valence-corrected chi connectivity index (χ1v) is 5.44. The van der Waals surface area contributed by atoms with Gasteiger partial charge >= 0.3 is 0 Å². The maximum absolute atomic E-state index is 10.9. The van der Waals surface area contributed by atoms with Crippen LogP contribution in [0.5, 0.6) is 0 Å². The molecule has 3 heteroatoms. The molecule has 11 heavy (non-hydrogen) atoms. The minimum absolute atomic E-state index is 0.145. The molecule has 0 aliphatic heterocycles. The Morgan fingerprint density at radius 3 is 2.45 bits per heavy atom. The smallest absolute Gasteiger partial charge is 0.0441 e. The van der Waals surface area contributed by atoms with Gasteiger partial charge in [0.2, 0.25) is 0 Å². The van der Waals surface area contributed by atoms with Crippen LogP contribution in [0.15, 0.2) is 0 Å². The average Bonchev–Trinajstić information content (AvgIpc) is 1.85. The van der Waals surface area contributed by atoms with Crippen molar-refractivity contribution in [1.29, 1.82) is 4.78 Å². The molecule has 1 aliphatic rings. The fourth-order valence-electron chi connectivity index (χ4n) is 1.96. The fraction of sp³-hybridized carbons (Fsp3) is 1.00. The Balaban J connectivity index is 2.57. The lowest BCUT2D eigenvalue weighted by molar-refractivity contribution is 0.306. The molecule has 0 saturated heterocycles. The van der Waals surface area contributed by atoms with E-state index in [2.05, 4.69) is 13.8 Å². The van der Waals surface area contributed by atoms with E-state index in [1.807, 2.05) is 0 Å². The second-order valence-electron chi connectivity index (χ2n) is 3.73. The Labute approximate surface area is 70.4 Å². The Kier molecular flexibility index (Phi) is 2.93. The van der Waals surface area contributed by atoms with Gasteiger partial charge in [-0.25, -0.2) is 0 Å². The van der Waals surface area contributed by atoms with Gasteiger partial charge in [0, 0.05) is 0 Å². The minimum atomic E-state index is -1.35. The highest BCUT2D eigenvalue weighted by Crippen LogP contribution is 2.30. The van der Waals surface area contributed by atoms with Gasteiger partial charge in [-0.1, -0.05) is 37.9 Å². The molecule has 3 unspecified atom stereocenters. The third-order valence-corrected chi connectivity index (χ3v) is 3.88. The van der Waals surface area contributed by atoms with Crippen LogP contribution in [-0.4, -0.2) is 5.25 Å². The van der Waals surface area contributed by atoms with Crippen molar-refractivity contribution in [3.63, 3.8) is 0 Å². The summed E-state index contributed by atoms with van der Waals surface area (Å²) in [5.74, 6) is 1.25. The quantitative estimate of drug-likeness (QED) is 0.610. The van der Waals surface area contributed by atoms with Crippen LogP contribution in [0.3, 0.4) is 0 Å². The van der Waals surface area contributed by atoms with Crippen molar-refractivity contribution in [3.8, 4) is 0 Å². The van der Waals surface area contributed by atoms with Crippen LogP contribution < -0.4 is 0 Å². The van der Waals surface area contributed by atoms with Gasteiger partial charge in [-0.05, 0) is 12.3 Å². The fourth-order valence-corrected chi connectivity index (χ4v) is 2.84. The second kappa shape index (κ2) is 3.57. The Bertz CT molecular complexity index is 192. The van der Waals surface area contributed by atoms with Crippen LogP contribution in [0.2, 0.25) is 0 Å². The van der Waals surface area contributed by atoms with Gasteiger partial charge in [0.15, 0.2) is 0 Å². The summed E-state index contributed by atoms with van der Waals surface area (Å²) in [5.41, 5.74) is 0. The summed E-state index contributed by atoms with van der Waals surface area (Å²) in [6, 6.07) is 0. The number of hydrogen-bond acceptors (Lipinski definition) is 3. The molecule has 0 amide bonds. The van der Waals surface area contributed by atoms with Crippen LogP contribution >= 0.6 is 0 Å². The molecule has 0 radical (unpaired) electrons. The predicted octanol–water partition coefficient (Wildman–Crippen LogP) is 2.54. The molecule has 0 spiro atoms. The van der Waals surface area contributed by atoms with Crippen LogP contribution in [0.4, 0.5) is 0 Å². The third kappa shape index (κ3) is 2.19. The molecule has 1 N–H and O–H groups in total. The van der Waals surface area contributed by atoms with E-state index in [1.54, 1.807) is 0 Å². The molecule has 1 saturated carbocycles. The van der Waals surface area contributed by atoms with Crippen molar-refractivity contribution in [2.75, 3.05) is 0 Å². The zero-order chi connectivity index (χ0) is 8.43. The average molecular weight is 174 g/mol. The molecule has 0 aromatic carbocycles.